The molecule has 4 N–H and O–H groups in total. The van der Waals surface area contributed by atoms with E-state index < -0.39 is 0 Å². The Bertz CT molecular complexity index is 1280. The highest BCUT2D eigenvalue weighted by atomic mass is 19.1. The first-order valence-corrected chi connectivity index (χ1v) is 10.3. The van der Waals surface area contributed by atoms with E-state index in [2.05, 4.69) is 26.1 Å². The highest BCUT2D eigenvalue weighted by Gasteiger charge is 2.10. The number of urea groups is 1. The molecule has 0 aliphatic rings. The summed E-state index contributed by atoms with van der Waals surface area (Å²) in [6, 6.07) is 19.4. The number of benzene rings is 3. The number of carbonyl (C=O) groups is 1. The number of hydrogen-bond donors (Lipinski definition) is 4. The number of aromatic amines is 1. The first kappa shape index (κ1) is 21.9. The predicted octanol–water partition coefficient (Wildman–Crippen LogP) is 5.69. The molecule has 4 aromatic rings. The zero-order chi connectivity index (χ0) is 23.4. The summed E-state index contributed by atoms with van der Waals surface area (Å²) in [5, 5.41) is 15.9. The van der Waals surface area contributed by atoms with Crippen molar-refractivity contribution in [2.24, 2.45) is 0 Å². The lowest BCUT2D eigenvalue weighted by atomic mass is 10.0. The van der Waals surface area contributed by atoms with Crippen LogP contribution in [0.3, 0.4) is 0 Å². The number of methoxy groups -OCH3 is 1. The lowest BCUT2D eigenvalue weighted by Crippen LogP contribution is -2.24. The van der Waals surface area contributed by atoms with Crippen molar-refractivity contribution in [3.05, 3.63) is 78.1 Å². The average Bonchev–Trinajstić information content (AvgIpc) is 3.30. The molecule has 1 aromatic heterocycles. The molecule has 1 heterocycles. The number of amides is 2. The number of nitrogens with one attached hydrogen (secondary N) is 4. The predicted molar refractivity (Wildman–Crippen MR) is 129 cm³/mol. The molecule has 33 heavy (non-hydrogen) atoms. The molecule has 0 aliphatic carbocycles. The van der Waals surface area contributed by atoms with Crippen LogP contribution in [0.4, 0.5) is 26.4 Å². The maximum Gasteiger partial charge on any atom is 0.318 e. The number of H-pyrrole nitrogens is 1. The number of aromatic nitrogens is 2. The Morgan fingerprint density at radius 2 is 1.76 bits per heavy atom. The van der Waals surface area contributed by atoms with E-state index in [1.54, 1.807) is 26.3 Å². The topological polar surface area (TPSA) is 91.1 Å². The second-order valence-electron chi connectivity index (χ2n) is 7.45. The van der Waals surface area contributed by atoms with Crippen molar-refractivity contribution < 1.29 is 13.9 Å². The molecule has 0 unspecified atom stereocenters. The van der Waals surface area contributed by atoms with Crippen LogP contribution in [-0.4, -0.2) is 30.4 Å². The van der Waals surface area contributed by atoms with Gasteiger partial charge in [-0.2, -0.15) is 5.10 Å². The van der Waals surface area contributed by atoms with Crippen LogP contribution < -0.4 is 20.7 Å². The number of carbonyl (C=O) groups excluding carboxylic acids is 1. The van der Waals surface area contributed by atoms with Gasteiger partial charge in [0.2, 0.25) is 0 Å². The Hall–Kier alpha value is -4.33. The lowest BCUT2D eigenvalue weighted by molar-refractivity contribution is 0.254. The third-order valence-electron chi connectivity index (χ3n) is 5.23. The molecule has 0 fully saturated rings. The number of rotatable bonds is 6. The Morgan fingerprint density at radius 3 is 2.45 bits per heavy atom. The summed E-state index contributed by atoms with van der Waals surface area (Å²) in [5.41, 5.74) is 5.52. The van der Waals surface area contributed by atoms with Crippen LogP contribution in [0.1, 0.15) is 5.56 Å². The highest BCUT2D eigenvalue weighted by molar-refractivity contribution is 5.89. The van der Waals surface area contributed by atoms with E-state index in [1.165, 1.54) is 6.07 Å². The van der Waals surface area contributed by atoms with Crippen molar-refractivity contribution in [1.29, 1.82) is 0 Å². The molecule has 2 amide bonds. The summed E-state index contributed by atoms with van der Waals surface area (Å²) in [7, 11) is 3.12. The van der Waals surface area contributed by atoms with Gasteiger partial charge in [-0.1, -0.05) is 24.3 Å². The minimum absolute atomic E-state index is 0.271. The van der Waals surface area contributed by atoms with Gasteiger partial charge in [-0.15, -0.1) is 0 Å². The van der Waals surface area contributed by atoms with Crippen LogP contribution in [0.25, 0.3) is 22.4 Å². The van der Waals surface area contributed by atoms with Gasteiger partial charge in [0.15, 0.2) is 5.82 Å². The number of aryl methyl sites for hydroxylation is 1. The Balaban J connectivity index is 1.49. The lowest BCUT2D eigenvalue weighted by Gasteiger charge is -2.10. The van der Waals surface area contributed by atoms with Crippen LogP contribution in [0, 0.1) is 12.7 Å². The second-order valence-corrected chi connectivity index (χ2v) is 7.45. The monoisotopic (exact) mass is 445 g/mol. The van der Waals surface area contributed by atoms with Crippen molar-refractivity contribution in [2.75, 3.05) is 24.8 Å². The molecule has 168 valence electrons. The van der Waals surface area contributed by atoms with E-state index in [9.17, 15) is 9.18 Å². The highest BCUT2D eigenvalue weighted by Crippen LogP contribution is 2.30. The quantitative estimate of drug-likeness (QED) is 0.307. The van der Waals surface area contributed by atoms with Crippen LogP contribution in [-0.2, 0) is 0 Å². The summed E-state index contributed by atoms with van der Waals surface area (Å²) in [6.07, 6.45) is 0. The molecule has 0 aliphatic heterocycles. The van der Waals surface area contributed by atoms with Gasteiger partial charge in [-0.25, -0.2) is 9.18 Å². The molecule has 7 nitrogen and oxygen atoms in total. The molecule has 0 radical (unpaired) electrons. The fourth-order valence-corrected chi connectivity index (χ4v) is 3.43. The van der Waals surface area contributed by atoms with Crippen LogP contribution in [0.2, 0.25) is 0 Å². The zero-order valence-corrected chi connectivity index (χ0v) is 18.5. The van der Waals surface area contributed by atoms with Gasteiger partial charge in [-0.05, 0) is 60.0 Å². The fraction of sp³-hybridized carbons (Fsp3) is 0.120. The Kier molecular flexibility index (Phi) is 6.26. The Labute approximate surface area is 191 Å². The van der Waals surface area contributed by atoms with Gasteiger partial charge >= 0.3 is 6.03 Å². The maximum atomic E-state index is 14.3. The Morgan fingerprint density at radius 1 is 1.00 bits per heavy atom. The summed E-state index contributed by atoms with van der Waals surface area (Å²) in [6.45, 7) is 1.95. The van der Waals surface area contributed by atoms with Crippen molar-refractivity contribution in [3.8, 4) is 28.1 Å². The third kappa shape index (κ3) is 4.95. The van der Waals surface area contributed by atoms with Crippen LogP contribution >= 0.6 is 0 Å². The van der Waals surface area contributed by atoms with E-state index in [1.807, 2.05) is 55.5 Å². The zero-order valence-electron chi connectivity index (χ0n) is 18.5. The van der Waals surface area contributed by atoms with Gasteiger partial charge in [0.05, 0.1) is 12.8 Å². The van der Waals surface area contributed by atoms with Gasteiger partial charge in [0.25, 0.3) is 0 Å². The van der Waals surface area contributed by atoms with Gasteiger partial charge in [0.1, 0.15) is 11.6 Å². The fourth-order valence-electron chi connectivity index (χ4n) is 3.43. The van der Waals surface area contributed by atoms with E-state index >= 15 is 0 Å². The average molecular weight is 445 g/mol. The number of nitrogens with zero attached hydrogens (tertiary/aromatic N) is 1. The molecule has 0 atom stereocenters. The molecule has 0 bridgehead atoms. The third-order valence-corrected chi connectivity index (χ3v) is 5.23. The van der Waals surface area contributed by atoms with Gasteiger partial charge < -0.3 is 20.7 Å². The van der Waals surface area contributed by atoms with Crippen molar-refractivity contribution in [1.82, 2.24) is 15.5 Å². The molecule has 4 rings (SSSR count). The standard InChI is InChI=1S/C25H24FN5O2/c1-15-12-18(28-25(32)27-2)8-11-22(15)29-24-14-23(30-31-24)17-6-4-16(5-7-17)20-13-19(33-3)9-10-21(20)26/h4-14H,1-3H3,(H2,27,28,32)(H2,29,30,31). The molecule has 0 spiro atoms. The summed E-state index contributed by atoms with van der Waals surface area (Å²) < 4.78 is 19.5. The number of halogens is 1. The summed E-state index contributed by atoms with van der Waals surface area (Å²) in [4.78, 5) is 11.5. The maximum absolute atomic E-state index is 14.3. The van der Waals surface area contributed by atoms with Crippen molar-refractivity contribution >= 4 is 23.2 Å². The van der Waals surface area contributed by atoms with Gasteiger partial charge in [-0.3, -0.25) is 5.10 Å². The smallest absolute Gasteiger partial charge is 0.318 e. The number of anilines is 3. The van der Waals surface area contributed by atoms with Crippen LogP contribution in [0.5, 0.6) is 5.75 Å². The number of hydrogen-bond acceptors (Lipinski definition) is 4. The molecular weight excluding hydrogens is 421 g/mol. The summed E-state index contributed by atoms with van der Waals surface area (Å²) >= 11 is 0. The normalized spacial score (nSPS) is 10.5. The van der Waals surface area contributed by atoms with E-state index in [0.29, 0.717) is 22.8 Å². The molecule has 3 aromatic carbocycles. The van der Waals surface area contributed by atoms with Crippen molar-refractivity contribution in [3.63, 3.8) is 0 Å². The second kappa shape index (κ2) is 9.44. The minimum Gasteiger partial charge on any atom is -0.497 e. The molecule has 0 saturated heterocycles. The number of ether oxygens (including phenoxy) is 1. The molecular formula is C25H24FN5O2. The SMILES string of the molecule is CNC(=O)Nc1ccc(Nc2cc(-c3ccc(-c4cc(OC)ccc4F)cc3)[nH]n2)c(C)c1. The molecule has 0 saturated carbocycles. The van der Waals surface area contributed by atoms with Crippen LogP contribution in [0.15, 0.2) is 66.7 Å². The first-order valence-electron chi connectivity index (χ1n) is 10.3. The minimum atomic E-state index is -0.302. The largest absolute Gasteiger partial charge is 0.497 e. The molecule has 8 heteroatoms. The first-order chi connectivity index (χ1) is 16.0. The van der Waals surface area contributed by atoms with E-state index in [4.69, 9.17) is 4.74 Å². The summed E-state index contributed by atoms with van der Waals surface area (Å²) in [5.74, 6) is 0.957. The van der Waals surface area contributed by atoms with E-state index in [0.717, 1.165) is 28.1 Å². The van der Waals surface area contributed by atoms with Gasteiger partial charge in [0, 0.05) is 30.1 Å². The van der Waals surface area contributed by atoms with E-state index in [-0.39, 0.29) is 11.8 Å². The van der Waals surface area contributed by atoms with Crippen molar-refractivity contribution in [2.45, 2.75) is 6.92 Å².